The summed E-state index contributed by atoms with van der Waals surface area (Å²) in [6, 6.07) is 13.6. The number of aromatic amines is 1. The van der Waals surface area contributed by atoms with Crippen molar-refractivity contribution in [3.8, 4) is 11.3 Å². The maximum atomic E-state index is 12.6. The van der Waals surface area contributed by atoms with Crippen molar-refractivity contribution in [3.05, 3.63) is 57.4 Å². The molecule has 1 aliphatic heterocycles. The summed E-state index contributed by atoms with van der Waals surface area (Å²) in [6.07, 6.45) is 0.883. The molecule has 6 nitrogen and oxygen atoms in total. The average Bonchev–Trinajstić information content (AvgIpc) is 3.25. The van der Waals surface area contributed by atoms with E-state index in [4.69, 9.17) is 4.42 Å². The summed E-state index contributed by atoms with van der Waals surface area (Å²) in [5, 5.41) is 7.59. The Morgan fingerprint density at radius 1 is 1.04 bits per heavy atom. The Balaban J connectivity index is 1.44. The summed E-state index contributed by atoms with van der Waals surface area (Å²) in [5.74, 6) is 1.20. The molecule has 8 heteroatoms. The van der Waals surface area contributed by atoms with Crippen LogP contribution in [0.2, 0.25) is 0 Å². The Hall–Kier alpha value is -2.06. The summed E-state index contributed by atoms with van der Waals surface area (Å²) < 4.78 is 7.02. The normalized spacial score (nSPS) is 15.0. The van der Waals surface area contributed by atoms with Crippen molar-refractivity contribution in [2.75, 3.05) is 31.1 Å². The van der Waals surface area contributed by atoms with E-state index in [1.165, 1.54) is 0 Å². The van der Waals surface area contributed by atoms with Gasteiger partial charge in [-0.3, -0.25) is 9.89 Å². The lowest BCUT2D eigenvalue weighted by Crippen LogP contribution is -2.35. The van der Waals surface area contributed by atoms with Gasteiger partial charge in [0.1, 0.15) is 0 Å². The average molecular weight is 494 g/mol. The smallest absolute Gasteiger partial charge is 0.289 e. The van der Waals surface area contributed by atoms with E-state index in [1.807, 2.05) is 29.2 Å². The molecule has 0 saturated carbocycles. The van der Waals surface area contributed by atoms with Crippen LogP contribution in [-0.4, -0.2) is 47.2 Å². The number of nitrogens with one attached hydrogen (secondary N) is 1. The summed E-state index contributed by atoms with van der Waals surface area (Å²) in [5.41, 5.74) is 2.07. The van der Waals surface area contributed by atoms with Crippen LogP contribution in [0, 0.1) is 0 Å². The molecule has 140 valence electrons. The number of hydrogen-bond acceptors (Lipinski definition) is 4. The molecule has 2 aromatic heterocycles. The molecule has 27 heavy (non-hydrogen) atoms. The minimum absolute atomic E-state index is 0.0693. The monoisotopic (exact) mass is 492 g/mol. The predicted molar refractivity (Wildman–Crippen MR) is 111 cm³/mol. The van der Waals surface area contributed by atoms with E-state index >= 15 is 0 Å². The summed E-state index contributed by atoms with van der Waals surface area (Å²) >= 11 is 6.70. The van der Waals surface area contributed by atoms with Crippen molar-refractivity contribution in [1.82, 2.24) is 15.1 Å². The minimum atomic E-state index is -0.0693. The number of hydrogen-bond donors (Lipinski definition) is 1. The lowest BCUT2D eigenvalue weighted by Gasteiger charge is -2.21. The Kier molecular flexibility index (Phi) is 5.36. The first kappa shape index (κ1) is 18.3. The second-order valence-electron chi connectivity index (χ2n) is 6.38. The first-order valence-electron chi connectivity index (χ1n) is 8.71. The molecule has 1 N–H and O–H groups in total. The zero-order valence-electron chi connectivity index (χ0n) is 14.5. The molecule has 3 heterocycles. The summed E-state index contributed by atoms with van der Waals surface area (Å²) in [4.78, 5) is 16.6. The molecule has 1 amide bonds. The van der Waals surface area contributed by atoms with E-state index in [-0.39, 0.29) is 5.91 Å². The van der Waals surface area contributed by atoms with Crippen LogP contribution in [0.3, 0.4) is 0 Å². The molecule has 0 bridgehead atoms. The van der Waals surface area contributed by atoms with Crippen molar-refractivity contribution < 1.29 is 9.21 Å². The van der Waals surface area contributed by atoms with Crippen LogP contribution in [0.15, 0.2) is 56.0 Å². The zero-order valence-corrected chi connectivity index (χ0v) is 17.7. The van der Waals surface area contributed by atoms with Gasteiger partial charge in [-0.2, -0.15) is 5.10 Å². The quantitative estimate of drug-likeness (QED) is 0.581. The fourth-order valence-corrected chi connectivity index (χ4v) is 3.76. The maximum absolute atomic E-state index is 12.6. The third kappa shape index (κ3) is 4.11. The molecule has 0 atom stereocenters. The van der Waals surface area contributed by atoms with Crippen LogP contribution in [0.4, 0.5) is 5.82 Å². The Bertz CT molecular complexity index is 935. The third-order valence-corrected chi connectivity index (χ3v) is 5.57. The van der Waals surface area contributed by atoms with Gasteiger partial charge in [0.25, 0.3) is 5.91 Å². The van der Waals surface area contributed by atoms with E-state index in [1.54, 1.807) is 12.1 Å². The van der Waals surface area contributed by atoms with Gasteiger partial charge in [0.15, 0.2) is 16.2 Å². The lowest BCUT2D eigenvalue weighted by molar-refractivity contribution is 0.0733. The molecule has 0 radical (unpaired) electrons. The fourth-order valence-electron chi connectivity index (χ4n) is 3.19. The van der Waals surface area contributed by atoms with Gasteiger partial charge in [-0.05, 0) is 52.2 Å². The maximum Gasteiger partial charge on any atom is 0.289 e. The van der Waals surface area contributed by atoms with E-state index < -0.39 is 0 Å². The number of rotatable bonds is 3. The molecule has 1 aliphatic rings. The van der Waals surface area contributed by atoms with Gasteiger partial charge in [0, 0.05) is 36.7 Å². The highest BCUT2D eigenvalue weighted by Crippen LogP contribution is 2.24. The molecule has 3 aromatic rings. The Morgan fingerprint density at radius 2 is 1.85 bits per heavy atom. The van der Waals surface area contributed by atoms with Gasteiger partial charge in [-0.25, -0.2) is 0 Å². The Labute approximate surface area is 173 Å². The second kappa shape index (κ2) is 7.90. The number of nitrogens with zero attached hydrogens (tertiary/aromatic N) is 3. The summed E-state index contributed by atoms with van der Waals surface area (Å²) in [6.45, 7) is 2.93. The predicted octanol–water partition coefficient (Wildman–Crippen LogP) is 4.55. The van der Waals surface area contributed by atoms with Crippen LogP contribution < -0.4 is 4.90 Å². The summed E-state index contributed by atoms with van der Waals surface area (Å²) in [7, 11) is 0. The standard InChI is InChI=1S/C19H18Br2N4O2/c20-14-4-2-13(3-5-14)15-12-18(23-22-15)24-8-1-9-25(11-10-24)19(26)16-6-7-17(21)27-16/h2-7,12H,1,8-11H2,(H,22,23). The van der Waals surface area contributed by atoms with Crippen LogP contribution in [0.1, 0.15) is 17.0 Å². The number of benzene rings is 1. The van der Waals surface area contributed by atoms with Crippen molar-refractivity contribution in [1.29, 1.82) is 0 Å². The van der Waals surface area contributed by atoms with Gasteiger partial charge in [-0.1, -0.05) is 28.1 Å². The first-order valence-corrected chi connectivity index (χ1v) is 10.3. The molecule has 4 rings (SSSR count). The van der Waals surface area contributed by atoms with Crippen molar-refractivity contribution in [2.45, 2.75) is 6.42 Å². The molecule has 1 fully saturated rings. The topological polar surface area (TPSA) is 65.4 Å². The number of aromatic nitrogens is 2. The largest absolute Gasteiger partial charge is 0.444 e. The van der Waals surface area contributed by atoms with Gasteiger partial charge in [-0.15, -0.1) is 0 Å². The highest BCUT2D eigenvalue weighted by molar-refractivity contribution is 9.10. The van der Waals surface area contributed by atoms with Gasteiger partial charge in [0.2, 0.25) is 0 Å². The molecule has 0 spiro atoms. The number of anilines is 1. The van der Waals surface area contributed by atoms with E-state index in [9.17, 15) is 4.79 Å². The van der Waals surface area contributed by atoms with Crippen LogP contribution in [-0.2, 0) is 0 Å². The number of amides is 1. The number of halogens is 2. The zero-order chi connectivity index (χ0) is 18.8. The van der Waals surface area contributed by atoms with E-state index in [0.717, 1.165) is 41.1 Å². The highest BCUT2D eigenvalue weighted by atomic mass is 79.9. The SMILES string of the molecule is O=C(c1ccc(Br)o1)N1CCCN(c2cc(-c3ccc(Br)cc3)[nH]n2)CC1. The van der Waals surface area contributed by atoms with Crippen molar-refractivity contribution in [2.24, 2.45) is 0 Å². The van der Waals surface area contributed by atoms with Crippen LogP contribution in [0.5, 0.6) is 0 Å². The van der Waals surface area contributed by atoms with E-state index in [2.05, 4.69) is 53.0 Å². The molecular weight excluding hydrogens is 476 g/mol. The second-order valence-corrected chi connectivity index (χ2v) is 8.08. The molecule has 0 aliphatic carbocycles. The molecule has 1 saturated heterocycles. The first-order chi connectivity index (χ1) is 13.1. The van der Waals surface area contributed by atoms with Crippen LogP contribution >= 0.6 is 31.9 Å². The fraction of sp³-hybridized carbons (Fsp3) is 0.263. The van der Waals surface area contributed by atoms with Crippen molar-refractivity contribution in [3.63, 3.8) is 0 Å². The van der Waals surface area contributed by atoms with Gasteiger partial charge in [0.05, 0.1) is 5.69 Å². The lowest BCUT2D eigenvalue weighted by atomic mass is 10.1. The van der Waals surface area contributed by atoms with Crippen molar-refractivity contribution >= 4 is 43.6 Å². The third-order valence-electron chi connectivity index (χ3n) is 4.61. The number of carbonyl (C=O) groups is 1. The molecule has 0 unspecified atom stereocenters. The highest BCUT2D eigenvalue weighted by Gasteiger charge is 2.23. The Morgan fingerprint density at radius 3 is 2.59 bits per heavy atom. The number of H-pyrrole nitrogens is 1. The number of furan rings is 1. The minimum Gasteiger partial charge on any atom is -0.444 e. The van der Waals surface area contributed by atoms with Gasteiger partial charge >= 0.3 is 0 Å². The van der Waals surface area contributed by atoms with E-state index in [0.29, 0.717) is 23.5 Å². The molecule has 1 aromatic carbocycles. The van der Waals surface area contributed by atoms with Crippen LogP contribution in [0.25, 0.3) is 11.3 Å². The molecular formula is C19H18Br2N4O2. The van der Waals surface area contributed by atoms with Gasteiger partial charge < -0.3 is 14.2 Å². The number of carbonyl (C=O) groups excluding carboxylic acids is 1.